The third kappa shape index (κ3) is 4.62. The van der Waals surface area contributed by atoms with Crippen molar-refractivity contribution in [3.05, 3.63) is 0 Å². The molecule has 0 spiro atoms. The van der Waals surface area contributed by atoms with Crippen LogP contribution >= 0.6 is 0 Å². The number of piperazine rings is 1. The summed E-state index contributed by atoms with van der Waals surface area (Å²) in [6.07, 6.45) is 0.628. The van der Waals surface area contributed by atoms with E-state index in [1.54, 1.807) is 4.90 Å². The van der Waals surface area contributed by atoms with Crippen molar-refractivity contribution < 1.29 is 14.3 Å². The number of nitrogens with zero attached hydrogens (tertiary/aromatic N) is 2. The van der Waals surface area contributed by atoms with Gasteiger partial charge < -0.3 is 19.9 Å². The van der Waals surface area contributed by atoms with Crippen molar-refractivity contribution >= 4 is 11.8 Å². The van der Waals surface area contributed by atoms with E-state index in [-0.39, 0.29) is 24.4 Å². The van der Waals surface area contributed by atoms with Crippen molar-refractivity contribution in [2.45, 2.75) is 19.4 Å². The zero-order chi connectivity index (χ0) is 13.5. The molecule has 1 aliphatic heterocycles. The van der Waals surface area contributed by atoms with Crippen LogP contribution in [0, 0.1) is 0 Å². The molecule has 1 fully saturated rings. The standard InChI is InChI=1S/C12H23N3O3/c1-4-10-12(17)15(9-11(16)13-10)6-8-18-7-5-14(2)3/h10H,4-9H2,1-3H3,(H,13,16). The third-order valence-electron chi connectivity index (χ3n) is 2.88. The molecule has 0 aromatic carbocycles. The highest BCUT2D eigenvalue weighted by Gasteiger charge is 2.30. The summed E-state index contributed by atoms with van der Waals surface area (Å²) >= 11 is 0. The van der Waals surface area contributed by atoms with E-state index in [1.807, 2.05) is 25.9 Å². The molecule has 1 unspecified atom stereocenters. The largest absolute Gasteiger partial charge is 0.378 e. The molecule has 0 saturated carbocycles. The van der Waals surface area contributed by atoms with Gasteiger partial charge in [0.2, 0.25) is 11.8 Å². The minimum atomic E-state index is -0.368. The first-order chi connectivity index (χ1) is 8.54. The Bertz CT molecular complexity index is 294. The molecule has 0 radical (unpaired) electrons. The fourth-order valence-electron chi connectivity index (χ4n) is 1.76. The molecule has 0 bridgehead atoms. The molecule has 6 heteroatoms. The van der Waals surface area contributed by atoms with Crippen molar-refractivity contribution in [2.75, 3.05) is 46.9 Å². The third-order valence-corrected chi connectivity index (χ3v) is 2.88. The molecule has 0 aromatic heterocycles. The van der Waals surface area contributed by atoms with Gasteiger partial charge in [-0.15, -0.1) is 0 Å². The lowest BCUT2D eigenvalue weighted by molar-refractivity contribution is -0.145. The van der Waals surface area contributed by atoms with E-state index in [0.29, 0.717) is 26.2 Å². The average Bonchev–Trinajstić information content (AvgIpc) is 2.32. The van der Waals surface area contributed by atoms with Crippen LogP contribution in [0.15, 0.2) is 0 Å². The Hall–Kier alpha value is -1.14. The van der Waals surface area contributed by atoms with Gasteiger partial charge in [-0.1, -0.05) is 6.92 Å². The van der Waals surface area contributed by atoms with E-state index in [2.05, 4.69) is 5.32 Å². The highest BCUT2D eigenvalue weighted by Crippen LogP contribution is 2.05. The minimum Gasteiger partial charge on any atom is -0.378 e. The Kier molecular flexibility index (Phi) is 6.07. The molecule has 1 rings (SSSR count). The van der Waals surface area contributed by atoms with Crippen molar-refractivity contribution in [3.63, 3.8) is 0 Å². The predicted octanol–water partition coefficient (Wildman–Crippen LogP) is -0.698. The summed E-state index contributed by atoms with van der Waals surface area (Å²) in [5, 5.41) is 2.68. The first kappa shape index (κ1) is 14.9. The van der Waals surface area contributed by atoms with Crippen LogP contribution < -0.4 is 5.32 Å². The molecular weight excluding hydrogens is 234 g/mol. The number of amides is 2. The summed E-state index contributed by atoms with van der Waals surface area (Å²) < 4.78 is 5.43. The summed E-state index contributed by atoms with van der Waals surface area (Å²) in [5.41, 5.74) is 0. The number of likely N-dealkylation sites (N-methyl/N-ethyl adjacent to an activating group) is 1. The van der Waals surface area contributed by atoms with Crippen LogP contribution in [0.1, 0.15) is 13.3 Å². The number of ether oxygens (including phenoxy) is 1. The molecule has 0 aromatic rings. The van der Waals surface area contributed by atoms with E-state index in [4.69, 9.17) is 4.74 Å². The first-order valence-corrected chi connectivity index (χ1v) is 6.35. The Morgan fingerprint density at radius 3 is 2.72 bits per heavy atom. The Morgan fingerprint density at radius 2 is 2.11 bits per heavy atom. The second-order valence-corrected chi connectivity index (χ2v) is 4.70. The van der Waals surface area contributed by atoms with E-state index in [0.717, 1.165) is 6.54 Å². The lowest BCUT2D eigenvalue weighted by Gasteiger charge is -2.31. The minimum absolute atomic E-state index is 0.00619. The van der Waals surface area contributed by atoms with Crippen molar-refractivity contribution in [2.24, 2.45) is 0 Å². The molecule has 1 aliphatic rings. The van der Waals surface area contributed by atoms with Gasteiger partial charge in [0.05, 0.1) is 19.8 Å². The second-order valence-electron chi connectivity index (χ2n) is 4.70. The van der Waals surface area contributed by atoms with Crippen molar-refractivity contribution in [1.82, 2.24) is 15.1 Å². The molecule has 104 valence electrons. The maximum atomic E-state index is 11.9. The van der Waals surface area contributed by atoms with Crippen LogP contribution in [-0.4, -0.2) is 74.6 Å². The van der Waals surface area contributed by atoms with Crippen molar-refractivity contribution in [3.8, 4) is 0 Å². The molecule has 0 aliphatic carbocycles. The highest BCUT2D eigenvalue weighted by molar-refractivity contribution is 5.94. The average molecular weight is 257 g/mol. The number of hydrogen-bond donors (Lipinski definition) is 1. The van der Waals surface area contributed by atoms with Gasteiger partial charge >= 0.3 is 0 Å². The summed E-state index contributed by atoms with van der Waals surface area (Å²) in [4.78, 5) is 26.9. The van der Waals surface area contributed by atoms with Gasteiger partial charge in [-0.2, -0.15) is 0 Å². The first-order valence-electron chi connectivity index (χ1n) is 6.35. The molecule has 18 heavy (non-hydrogen) atoms. The topological polar surface area (TPSA) is 61.9 Å². The number of nitrogens with one attached hydrogen (secondary N) is 1. The highest BCUT2D eigenvalue weighted by atomic mass is 16.5. The lowest BCUT2D eigenvalue weighted by Crippen LogP contribution is -2.58. The van der Waals surface area contributed by atoms with Crippen LogP contribution in [0.2, 0.25) is 0 Å². The Morgan fingerprint density at radius 1 is 1.39 bits per heavy atom. The summed E-state index contributed by atoms with van der Waals surface area (Å²) in [5.74, 6) is -0.0944. The van der Waals surface area contributed by atoms with E-state index < -0.39 is 0 Å². The van der Waals surface area contributed by atoms with Gasteiger partial charge in [0, 0.05) is 13.1 Å². The summed E-state index contributed by atoms with van der Waals surface area (Å²) in [6, 6.07) is -0.368. The van der Waals surface area contributed by atoms with Crippen LogP contribution in [-0.2, 0) is 14.3 Å². The van der Waals surface area contributed by atoms with Crippen LogP contribution in [0.25, 0.3) is 0 Å². The quantitative estimate of drug-likeness (QED) is 0.613. The van der Waals surface area contributed by atoms with Gasteiger partial charge in [0.15, 0.2) is 0 Å². The SMILES string of the molecule is CCC1NC(=O)CN(CCOCCN(C)C)C1=O. The fraction of sp³-hybridized carbons (Fsp3) is 0.833. The smallest absolute Gasteiger partial charge is 0.245 e. The van der Waals surface area contributed by atoms with Gasteiger partial charge in [-0.05, 0) is 20.5 Å². The molecule has 1 atom stereocenters. The van der Waals surface area contributed by atoms with Crippen LogP contribution in [0.3, 0.4) is 0 Å². The Balaban J connectivity index is 2.27. The molecular formula is C12H23N3O3. The zero-order valence-corrected chi connectivity index (χ0v) is 11.4. The molecule has 1 N–H and O–H groups in total. The number of hydrogen-bond acceptors (Lipinski definition) is 4. The second kappa shape index (κ2) is 7.33. The van der Waals surface area contributed by atoms with Crippen LogP contribution in [0.5, 0.6) is 0 Å². The zero-order valence-electron chi connectivity index (χ0n) is 11.4. The summed E-state index contributed by atoms with van der Waals surface area (Å²) in [7, 11) is 3.96. The van der Waals surface area contributed by atoms with Crippen LogP contribution in [0.4, 0.5) is 0 Å². The van der Waals surface area contributed by atoms with Gasteiger partial charge in [-0.3, -0.25) is 9.59 Å². The fourth-order valence-corrected chi connectivity index (χ4v) is 1.76. The Labute approximate surface area is 108 Å². The predicted molar refractivity (Wildman–Crippen MR) is 68.2 cm³/mol. The molecule has 2 amide bonds. The van der Waals surface area contributed by atoms with Crippen molar-refractivity contribution in [1.29, 1.82) is 0 Å². The molecule has 1 heterocycles. The molecule has 1 saturated heterocycles. The van der Waals surface area contributed by atoms with Gasteiger partial charge in [0.25, 0.3) is 0 Å². The van der Waals surface area contributed by atoms with E-state index >= 15 is 0 Å². The van der Waals surface area contributed by atoms with Gasteiger partial charge in [0.1, 0.15) is 6.04 Å². The maximum absolute atomic E-state index is 11.9. The van der Waals surface area contributed by atoms with Gasteiger partial charge in [-0.25, -0.2) is 0 Å². The monoisotopic (exact) mass is 257 g/mol. The number of carbonyl (C=O) groups excluding carboxylic acids is 2. The summed E-state index contributed by atoms with van der Waals surface area (Å²) in [6.45, 7) is 4.48. The van der Waals surface area contributed by atoms with E-state index in [1.165, 1.54) is 0 Å². The molecule has 6 nitrogen and oxygen atoms in total. The van der Waals surface area contributed by atoms with E-state index in [9.17, 15) is 9.59 Å². The normalized spacial score (nSPS) is 20.4. The number of carbonyl (C=O) groups is 2. The maximum Gasteiger partial charge on any atom is 0.245 e. The number of rotatable bonds is 7. The lowest BCUT2D eigenvalue weighted by atomic mass is 10.1.